The number of benzene rings is 2. The lowest BCUT2D eigenvalue weighted by molar-refractivity contribution is -0.132. The molecule has 1 aliphatic heterocycles. The fourth-order valence-corrected chi connectivity index (χ4v) is 5.72. The maximum Gasteiger partial charge on any atom is 0.300 e. The number of aromatic hydroxyl groups is 1. The largest absolute Gasteiger partial charge is 0.507 e. The average molecular weight is 446 g/mol. The third kappa shape index (κ3) is 3.22. The van der Waals surface area contributed by atoms with Gasteiger partial charge in [-0.2, -0.15) is 0 Å². The lowest BCUT2D eigenvalue weighted by Crippen LogP contribution is -2.29. The number of ketones is 1. The van der Waals surface area contributed by atoms with Crippen LogP contribution in [0.3, 0.4) is 0 Å². The van der Waals surface area contributed by atoms with Gasteiger partial charge >= 0.3 is 0 Å². The lowest BCUT2D eigenvalue weighted by Gasteiger charge is -2.25. The molecule has 1 amide bonds. The number of aliphatic hydroxyl groups excluding tert-OH is 1. The Morgan fingerprint density at radius 2 is 1.78 bits per heavy atom. The number of rotatable bonds is 3. The summed E-state index contributed by atoms with van der Waals surface area (Å²) < 4.78 is 0. The molecule has 1 aromatic heterocycles. The van der Waals surface area contributed by atoms with Crippen molar-refractivity contribution in [2.24, 2.45) is 0 Å². The molecule has 2 aliphatic rings. The highest BCUT2D eigenvalue weighted by Crippen LogP contribution is 2.46. The minimum atomic E-state index is -0.806. The molecule has 2 N–H and O–H groups in total. The van der Waals surface area contributed by atoms with Crippen molar-refractivity contribution >= 4 is 34.5 Å². The van der Waals surface area contributed by atoms with Crippen LogP contribution in [0.1, 0.15) is 46.0 Å². The SMILES string of the molecule is Cc1ccsc1C1/C(=C(/O)c2ccc3c(c2)CCCC3)C(=O)C(=O)N1c1ccccc1O. The van der Waals surface area contributed by atoms with E-state index < -0.39 is 17.7 Å². The summed E-state index contributed by atoms with van der Waals surface area (Å²) in [6.07, 6.45) is 4.21. The molecule has 1 atom stereocenters. The first kappa shape index (κ1) is 20.5. The van der Waals surface area contributed by atoms with E-state index in [0.717, 1.165) is 36.1 Å². The van der Waals surface area contributed by atoms with Gasteiger partial charge in [-0.1, -0.05) is 24.3 Å². The van der Waals surface area contributed by atoms with Gasteiger partial charge in [-0.25, -0.2) is 0 Å². The van der Waals surface area contributed by atoms with Crippen LogP contribution in [0.15, 0.2) is 59.5 Å². The van der Waals surface area contributed by atoms with Crippen molar-refractivity contribution in [2.45, 2.75) is 38.6 Å². The van der Waals surface area contributed by atoms with Crippen molar-refractivity contribution in [1.82, 2.24) is 0 Å². The zero-order chi connectivity index (χ0) is 22.4. The fraction of sp³-hybridized carbons (Fsp3) is 0.231. The Hall–Kier alpha value is -3.38. The number of carbonyl (C=O) groups excluding carboxylic acids is 2. The first-order chi connectivity index (χ1) is 15.5. The Balaban J connectivity index is 1.71. The molecule has 5 nitrogen and oxygen atoms in total. The molecule has 0 spiro atoms. The molecule has 0 saturated carbocycles. The number of para-hydroxylation sites is 2. The Bertz CT molecular complexity index is 1270. The normalized spacial score (nSPS) is 19.9. The second-order valence-corrected chi connectivity index (χ2v) is 9.26. The van der Waals surface area contributed by atoms with Gasteiger partial charge in [0, 0.05) is 10.4 Å². The highest BCUT2D eigenvalue weighted by molar-refractivity contribution is 7.10. The highest BCUT2D eigenvalue weighted by atomic mass is 32.1. The smallest absolute Gasteiger partial charge is 0.300 e. The van der Waals surface area contributed by atoms with E-state index in [-0.39, 0.29) is 22.8 Å². The molecule has 1 unspecified atom stereocenters. The van der Waals surface area contributed by atoms with Gasteiger partial charge in [-0.05, 0) is 78.9 Å². The van der Waals surface area contributed by atoms with E-state index in [1.807, 2.05) is 36.6 Å². The molecule has 0 bridgehead atoms. The average Bonchev–Trinajstić information content (AvgIpc) is 3.34. The molecular formula is C26H23NO4S. The number of aliphatic hydroxyl groups is 1. The van der Waals surface area contributed by atoms with E-state index in [9.17, 15) is 19.8 Å². The number of phenols is 1. The van der Waals surface area contributed by atoms with E-state index in [0.29, 0.717) is 5.56 Å². The van der Waals surface area contributed by atoms with Crippen LogP contribution in [0.25, 0.3) is 5.76 Å². The van der Waals surface area contributed by atoms with Gasteiger partial charge in [0.05, 0.1) is 11.3 Å². The Morgan fingerprint density at radius 3 is 2.50 bits per heavy atom. The van der Waals surface area contributed by atoms with E-state index in [1.54, 1.807) is 18.2 Å². The molecule has 0 radical (unpaired) electrons. The highest BCUT2D eigenvalue weighted by Gasteiger charge is 2.48. The van der Waals surface area contributed by atoms with Crippen LogP contribution in [0.2, 0.25) is 0 Å². The van der Waals surface area contributed by atoms with E-state index in [4.69, 9.17) is 0 Å². The Kier molecular flexibility index (Phi) is 5.10. The maximum absolute atomic E-state index is 13.2. The first-order valence-electron chi connectivity index (χ1n) is 10.7. The summed E-state index contributed by atoms with van der Waals surface area (Å²) in [6, 6.07) is 13.3. The summed E-state index contributed by atoms with van der Waals surface area (Å²) in [5.41, 5.74) is 4.21. The predicted molar refractivity (Wildman–Crippen MR) is 125 cm³/mol. The fourth-order valence-electron chi connectivity index (χ4n) is 4.70. The number of nitrogens with zero attached hydrogens (tertiary/aromatic N) is 1. The van der Waals surface area contributed by atoms with Crippen molar-refractivity contribution < 1.29 is 19.8 Å². The molecular weight excluding hydrogens is 422 g/mol. The number of thiophene rings is 1. The number of fused-ring (bicyclic) bond motifs is 1. The first-order valence-corrected chi connectivity index (χ1v) is 11.6. The number of hydrogen-bond donors (Lipinski definition) is 2. The summed E-state index contributed by atoms with van der Waals surface area (Å²) in [7, 11) is 0. The molecule has 6 heteroatoms. The van der Waals surface area contributed by atoms with Crippen molar-refractivity contribution in [2.75, 3.05) is 4.90 Å². The Morgan fingerprint density at radius 1 is 1.03 bits per heavy atom. The van der Waals surface area contributed by atoms with E-state index in [2.05, 4.69) is 0 Å². The summed E-state index contributed by atoms with van der Waals surface area (Å²) in [5.74, 6) is -1.78. The molecule has 162 valence electrons. The van der Waals surface area contributed by atoms with Crippen LogP contribution in [-0.4, -0.2) is 21.9 Å². The number of anilines is 1. The van der Waals surface area contributed by atoms with Crippen molar-refractivity contribution in [3.8, 4) is 5.75 Å². The molecule has 32 heavy (non-hydrogen) atoms. The minimum Gasteiger partial charge on any atom is -0.507 e. The maximum atomic E-state index is 13.2. The van der Waals surface area contributed by atoms with Gasteiger partial charge in [-0.15, -0.1) is 11.3 Å². The standard InChI is InChI=1S/C26H23NO4S/c1-15-12-13-32-25(15)22-21(23(29)18-11-10-16-6-2-3-7-17(16)14-18)24(30)26(31)27(22)19-8-4-5-9-20(19)28/h4-5,8-14,22,28-29H,2-3,6-7H2,1H3/b23-21-. The summed E-state index contributed by atoms with van der Waals surface area (Å²) in [5, 5.41) is 23.7. The second kappa shape index (κ2) is 7.95. The van der Waals surface area contributed by atoms with Gasteiger partial charge < -0.3 is 10.2 Å². The minimum absolute atomic E-state index is 0.0552. The van der Waals surface area contributed by atoms with Gasteiger partial charge in [0.15, 0.2) is 0 Å². The van der Waals surface area contributed by atoms with Crippen LogP contribution < -0.4 is 4.90 Å². The number of phenolic OH excluding ortho intramolecular Hbond substituents is 1. The number of hydrogen-bond acceptors (Lipinski definition) is 5. The van der Waals surface area contributed by atoms with E-state index >= 15 is 0 Å². The van der Waals surface area contributed by atoms with Gasteiger partial charge in [-0.3, -0.25) is 14.5 Å². The van der Waals surface area contributed by atoms with Crippen LogP contribution >= 0.6 is 11.3 Å². The monoisotopic (exact) mass is 445 g/mol. The quantitative estimate of drug-likeness (QED) is 0.327. The second-order valence-electron chi connectivity index (χ2n) is 8.32. The zero-order valence-electron chi connectivity index (χ0n) is 17.7. The number of carbonyl (C=O) groups is 2. The number of amides is 1. The molecule has 2 aromatic carbocycles. The lowest BCUT2D eigenvalue weighted by atomic mass is 9.89. The van der Waals surface area contributed by atoms with Crippen LogP contribution in [0.5, 0.6) is 5.75 Å². The van der Waals surface area contributed by atoms with Crippen LogP contribution in [0, 0.1) is 6.92 Å². The molecule has 5 rings (SSSR count). The summed E-state index contributed by atoms with van der Waals surface area (Å²) in [4.78, 5) is 28.5. The topological polar surface area (TPSA) is 77.8 Å². The van der Waals surface area contributed by atoms with Gasteiger partial charge in [0.25, 0.3) is 11.7 Å². The van der Waals surface area contributed by atoms with Crippen molar-refractivity contribution in [3.05, 3.63) is 86.6 Å². The zero-order valence-corrected chi connectivity index (χ0v) is 18.5. The van der Waals surface area contributed by atoms with Crippen molar-refractivity contribution in [3.63, 3.8) is 0 Å². The van der Waals surface area contributed by atoms with Gasteiger partial charge in [0.2, 0.25) is 0 Å². The van der Waals surface area contributed by atoms with Gasteiger partial charge in [0.1, 0.15) is 17.6 Å². The Labute approximate surface area is 190 Å². The van der Waals surface area contributed by atoms with Crippen LogP contribution in [-0.2, 0) is 22.4 Å². The molecule has 3 aromatic rings. The molecule has 1 aliphatic carbocycles. The molecule has 1 saturated heterocycles. The third-order valence-corrected chi connectivity index (χ3v) is 7.43. The van der Waals surface area contributed by atoms with Crippen molar-refractivity contribution in [1.29, 1.82) is 0 Å². The molecule has 2 heterocycles. The van der Waals surface area contributed by atoms with E-state index in [1.165, 1.54) is 33.4 Å². The number of Topliss-reactive ketones (excluding diaryl/α,β-unsaturated/α-hetero) is 1. The summed E-state index contributed by atoms with van der Waals surface area (Å²) in [6.45, 7) is 1.91. The summed E-state index contributed by atoms with van der Waals surface area (Å²) >= 11 is 1.42. The van der Waals surface area contributed by atoms with Crippen LogP contribution in [0.4, 0.5) is 5.69 Å². The molecule has 1 fully saturated rings. The predicted octanol–water partition coefficient (Wildman–Crippen LogP) is 5.27. The number of aryl methyl sites for hydroxylation is 3. The third-order valence-electron chi connectivity index (χ3n) is 6.36.